The van der Waals surface area contributed by atoms with Crippen LogP contribution in [-0.2, 0) is 4.74 Å². The minimum atomic E-state index is -0.408. The van der Waals surface area contributed by atoms with Crippen molar-refractivity contribution in [3.05, 3.63) is 22.2 Å². The lowest BCUT2D eigenvalue weighted by molar-refractivity contribution is -0.384. The van der Waals surface area contributed by atoms with Crippen molar-refractivity contribution in [1.82, 2.24) is 4.98 Å². The van der Waals surface area contributed by atoms with E-state index in [1.54, 1.807) is 6.07 Å². The van der Waals surface area contributed by atoms with Crippen molar-refractivity contribution in [3.8, 4) is 0 Å². The van der Waals surface area contributed by atoms with E-state index in [4.69, 9.17) is 4.74 Å². The van der Waals surface area contributed by atoms with Crippen LogP contribution in [0.1, 0.15) is 19.8 Å². The summed E-state index contributed by atoms with van der Waals surface area (Å²) in [6.07, 6.45) is 1.96. The number of nitrogens with one attached hydrogen (secondary N) is 2. The average Bonchev–Trinajstić information content (AvgIpc) is 2.46. The summed E-state index contributed by atoms with van der Waals surface area (Å²) in [7, 11) is 0. The minimum absolute atomic E-state index is 0.0127. The fourth-order valence-electron chi connectivity index (χ4n) is 2.20. The second-order valence-corrected chi connectivity index (χ2v) is 4.79. The molecule has 0 atom stereocenters. The standard InChI is InChI=1S/C13H20N4O3/c1-2-14-12-4-3-11(17(18)19)13(16-12)15-9-10-5-7-20-8-6-10/h3-4,10H,2,5-9H2,1H3,(H2,14,15,16). The van der Waals surface area contributed by atoms with Gasteiger partial charge in [-0.15, -0.1) is 0 Å². The van der Waals surface area contributed by atoms with Crippen LogP contribution in [0.25, 0.3) is 0 Å². The zero-order valence-electron chi connectivity index (χ0n) is 11.6. The Morgan fingerprint density at radius 1 is 1.40 bits per heavy atom. The Hall–Kier alpha value is -1.89. The zero-order chi connectivity index (χ0) is 14.4. The van der Waals surface area contributed by atoms with Gasteiger partial charge in [-0.3, -0.25) is 10.1 Å². The molecule has 7 nitrogen and oxygen atoms in total. The molecule has 0 radical (unpaired) electrons. The van der Waals surface area contributed by atoms with Crippen LogP contribution in [0.15, 0.2) is 12.1 Å². The van der Waals surface area contributed by atoms with E-state index < -0.39 is 4.92 Å². The Morgan fingerprint density at radius 2 is 2.15 bits per heavy atom. The van der Waals surface area contributed by atoms with Crippen LogP contribution in [0.3, 0.4) is 0 Å². The van der Waals surface area contributed by atoms with Crippen LogP contribution in [0, 0.1) is 16.0 Å². The third kappa shape index (κ3) is 3.80. The molecule has 1 aromatic rings. The molecule has 0 aromatic carbocycles. The van der Waals surface area contributed by atoms with Gasteiger partial charge in [0.1, 0.15) is 5.82 Å². The van der Waals surface area contributed by atoms with E-state index in [2.05, 4.69) is 15.6 Å². The molecule has 0 aliphatic carbocycles. The summed E-state index contributed by atoms with van der Waals surface area (Å²) in [6.45, 7) is 4.90. The van der Waals surface area contributed by atoms with Crippen molar-refractivity contribution in [1.29, 1.82) is 0 Å². The third-order valence-electron chi connectivity index (χ3n) is 3.33. The minimum Gasteiger partial charge on any atom is -0.381 e. The number of rotatable bonds is 6. The van der Waals surface area contributed by atoms with Gasteiger partial charge in [-0.1, -0.05) is 0 Å². The van der Waals surface area contributed by atoms with Crippen LogP contribution in [-0.4, -0.2) is 36.2 Å². The van der Waals surface area contributed by atoms with E-state index in [1.807, 2.05) is 6.92 Å². The molecule has 2 rings (SSSR count). The first-order valence-electron chi connectivity index (χ1n) is 6.91. The molecular weight excluding hydrogens is 260 g/mol. The van der Waals surface area contributed by atoms with E-state index in [1.165, 1.54) is 6.07 Å². The van der Waals surface area contributed by atoms with E-state index in [9.17, 15) is 10.1 Å². The number of hydrogen-bond acceptors (Lipinski definition) is 6. The van der Waals surface area contributed by atoms with Gasteiger partial charge in [-0.25, -0.2) is 4.98 Å². The average molecular weight is 280 g/mol. The number of ether oxygens (including phenoxy) is 1. The predicted octanol–water partition coefficient (Wildman–Crippen LogP) is 2.26. The molecule has 20 heavy (non-hydrogen) atoms. The molecule has 1 aromatic heterocycles. The molecule has 7 heteroatoms. The maximum absolute atomic E-state index is 11.0. The van der Waals surface area contributed by atoms with Gasteiger partial charge in [0.05, 0.1) is 4.92 Å². The normalized spacial score (nSPS) is 15.8. The number of aromatic nitrogens is 1. The van der Waals surface area contributed by atoms with Crippen LogP contribution < -0.4 is 10.6 Å². The van der Waals surface area contributed by atoms with Gasteiger partial charge in [-0.2, -0.15) is 0 Å². The van der Waals surface area contributed by atoms with Crippen molar-refractivity contribution in [3.63, 3.8) is 0 Å². The lowest BCUT2D eigenvalue weighted by Gasteiger charge is -2.22. The van der Waals surface area contributed by atoms with E-state index in [0.717, 1.165) is 32.6 Å². The lowest BCUT2D eigenvalue weighted by Crippen LogP contribution is -2.23. The largest absolute Gasteiger partial charge is 0.381 e. The molecule has 0 saturated carbocycles. The van der Waals surface area contributed by atoms with E-state index in [0.29, 0.717) is 24.1 Å². The third-order valence-corrected chi connectivity index (χ3v) is 3.33. The van der Waals surface area contributed by atoms with E-state index >= 15 is 0 Å². The Morgan fingerprint density at radius 3 is 2.80 bits per heavy atom. The molecule has 0 unspecified atom stereocenters. The van der Waals surface area contributed by atoms with Crippen LogP contribution in [0.4, 0.5) is 17.3 Å². The first-order valence-corrected chi connectivity index (χ1v) is 6.91. The van der Waals surface area contributed by atoms with Crippen molar-refractivity contribution in [2.75, 3.05) is 36.9 Å². The van der Waals surface area contributed by atoms with Crippen LogP contribution in [0.5, 0.6) is 0 Å². The number of nitro groups is 1. The summed E-state index contributed by atoms with van der Waals surface area (Å²) in [5.41, 5.74) is 0.0127. The summed E-state index contributed by atoms with van der Waals surface area (Å²) in [5, 5.41) is 17.2. The van der Waals surface area contributed by atoms with Crippen molar-refractivity contribution >= 4 is 17.3 Å². The van der Waals surface area contributed by atoms with Crippen molar-refractivity contribution < 1.29 is 9.66 Å². The van der Waals surface area contributed by atoms with Gasteiger partial charge in [0, 0.05) is 32.4 Å². The monoisotopic (exact) mass is 280 g/mol. The Labute approximate surface area is 117 Å². The van der Waals surface area contributed by atoms with Crippen LogP contribution in [0.2, 0.25) is 0 Å². The summed E-state index contributed by atoms with van der Waals surface area (Å²) >= 11 is 0. The first-order chi connectivity index (χ1) is 9.70. The molecular formula is C13H20N4O3. The van der Waals surface area contributed by atoms with Gasteiger partial charge < -0.3 is 15.4 Å². The van der Waals surface area contributed by atoms with Gasteiger partial charge in [0.2, 0.25) is 5.82 Å². The molecule has 1 aliphatic rings. The summed E-state index contributed by atoms with van der Waals surface area (Å²) in [5.74, 6) is 1.46. The maximum Gasteiger partial charge on any atom is 0.311 e. The van der Waals surface area contributed by atoms with Gasteiger partial charge in [-0.05, 0) is 31.7 Å². The fourth-order valence-corrected chi connectivity index (χ4v) is 2.20. The molecule has 1 fully saturated rings. The Kier molecular flexibility index (Phi) is 5.11. The lowest BCUT2D eigenvalue weighted by atomic mass is 10.0. The highest BCUT2D eigenvalue weighted by molar-refractivity contribution is 5.60. The number of hydrogen-bond donors (Lipinski definition) is 2. The summed E-state index contributed by atoms with van der Waals surface area (Å²) in [4.78, 5) is 14.9. The SMILES string of the molecule is CCNc1ccc([N+](=O)[O-])c(NCC2CCOCC2)n1. The molecule has 0 spiro atoms. The molecule has 2 heterocycles. The second-order valence-electron chi connectivity index (χ2n) is 4.79. The Bertz CT molecular complexity index is 461. The smallest absolute Gasteiger partial charge is 0.311 e. The van der Waals surface area contributed by atoms with Gasteiger partial charge >= 0.3 is 5.69 Å². The topological polar surface area (TPSA) is 89.3 Å². The highest BCUT2D eigenvalue weighted by Crippen LogP contribution is 2.25. The molecule has 1 aliphatic heterocycles. The Balaban J connectivity index is 2.06. The summed E-state index contributed by atoms with van der Waals surface area (Å²) < 4.78 is 5.30. The van der Waals surface area contributed by atoms with Gasteiger partial charge in [0.25, 0.3) is 0 Å². The number of nitrogens with zero attached hydrogens (tertiary/aromatic N) is 2. The number of pyridine rings is 1. The fraction of sp³-hybridized carbons (Fsp3) is 0.615. The molecule has 1 saturated heterocycles. The highest BCUT2D eigenvalue weighted by atomic mass is 16.6. The molecule has 110 valence electrons. The first kappa shape index (κ1) is 14.5. The summed E-state index contributed by atoms with van der Waals surface area (Å²) in [6, 6.07) is 3.11. The molecule has 0 bridgehead atoms. The quantitative estimate of drug-likeness (QED) is 0.613. The van der Waals surface area contributed by atoms with Crippen molar-refractivity contribution in [2.24, 2.45) is 5.92 Å². The highest BCUT2D eigenvalue weighted by Gasteiger charge is 2.19. The van der Waals surface area contributed by atoms with Crippen LogP contribution >= 0.6 is 0 Å². The maximum atomic E-state index is 11.0. The second kappa shape index (κ2) is 7.04. The van der Waals surface area contributed by atoms with Crippen molar-refractivity contribution in [2.45, 2.75) is 19.8 Å². The molecule has 0 amide bonds. The van der Waals surface area contributed by atoms with E-state index in [-0.39, 0.29) is 5.69 Å². The molecule has 2 N–H and O–H groups in total. The zero-order valence-corrected chi connectivity index (χ0v) is 11.6. The number of anilines is 2. The van der Waals surface area contributed by atoms with Gasteiger partial charge in [0.15, 0.2) is 0 Å². The predicted molar refractivity (Wildman–Crippen MR) is 77.1 cm³/mol.